The molecule has 2 N–H and O–H groups in total. The van der Waals surface area contributed by atoms with E-state index in [1.807, 2.05) is 0 Å². The van der Waals surface area contributed by atoms with E-state index < -0.39 is 34.7 Å². The summed E-state index contributed by atoms with van der Waals surface area (Å²) in [6.07, 6.45) is -0.985. The number of aromatic nitrogens is 1. The van der Waals surface area contributed by atoms with Crippen molar-refractivity contribution in [2.24, 2.45) is 5.41 Å². The minimum atomic E-state index is -4.69. The lowest BCUT2D eigenvalue weighted by molar-refractivity contribution is -0.137. The Morgan fingerprint density at radius 2 is 1.93 bits per heavy atom. The van der Waals surface area contributed by atoms with Gasteiger partial charge in [0.15, 0.2) is 0 Å². The molecule has 0 saturated heterocycles. The Hall–Kier alpha value is -2.61. The maximum Gasteiger partial charge on any atom is 0.418 e. The molecular weight excluding hydrogens is 383 g/mol. The molecule has 1 aliphatic rings. The molecule has 0 bridgehead atoms. The van der Waals surface area contributed by atoms with Crippen molar-refractivity contribution >= 4 is 29.1 Å². The number of rotatable bonds is 5. The van der Waals surface area contributed by atoms with Gasteiger partial charge in [0.2, 0.25) is 11.8 Å². The monoisotopic (exact) mass is 397 g/mol. The predicted octanol–water partition coefficient (Wildman–Crippen LogP) is 3.79. The molecule has 5 nitrogen and oxygen atoms in total. The smallest absolute Gasteiger partial charge is 0.351 e. The Labute approximate surface area is 157 Å². The van der Waals surface area contributed by atoms with Gasteiger partial charge in [0.1, 0.15) is 5.41 Å². The van der Waals surface area contributed by atoms with Crippen molar-refractivity contribution in [1.29, 1.82) is 0 Å². The second-order valence-electron chi connectivity index (χ2n) is 6.27. The summed E-state index contributed by atoms with van der Waals surface area (Å²) < 4.78 is 39.5. The molecular formula is C18H15ClF3N3O2. The van der Waals surface area contributed by atoms with Gasteiger partial charge in [0.05, 0.1) is 11.3 Å². The van der Waals surface area contributed by atoms with Crippen LogP contribution in [-0.4, -0.2) is 16.8 Å². The van der Waals surface area contributed by atoms with Gasteiger partial charge in [-0.2, -0.15) is 13.2 Å². The first kappa shape index (κ1) is 19.2. The van der Waals surface area contributed by atoms with Crippen LogP contribution in [0.2, 0.25) is 5.02 Å². The van der Waals surface area contributed by atoms with Crippen molar-refractivity contribution in [3.63, 3.8) is 0 Å². The third-order valence-electron chi connectivity index (χ3n) is 4.33. The molecule has 0 unspecified atom stereocenters. The molecule has 1 heterocycles. The molecule has 2 amide bonds. The van der Waals surface area contributed by atoms with Crippen molar-refractivity contribution in [2.45, 2.75) is 25.6 Å². The summed E-state index contributed by atoms with van der Waals surface area (Å²) in [5, 5.41) is 4.77. The minimum absolute atomic E-state index is 0.101. The highest BCUT2D eigenvalue weighted by Crippen LogP contribution is 2.47. The third kappa shape index (κ3) is 4.21. The summed E-state index contributed by atoms with van der Waals surface area (Å²) in [6, 6.07) is 6.52. The van der Waals surface area contributed by atoms with Crippen LogP contribution in [0.4, 0.5) is 18.9 Å². The number of benzene rings is 1. The van der Waals surface area contributed by atoms with Crippen LogP contribution in [0, 0.1) is 5.41 Å². The lowest BCUT2D eigenvalue weighted by Gasteiger charge is -2.18. The molecule has 2 aromatic rings. The zero-order valence-corrected chi connectivity index (χ0v) is 14.7. The number of halogens is 4. The molecule has 1 aromatic carbocycles. The summed E-state index contributed by atoms with van der Waals surface area (Å²) in [4.78, 5) is 28.9. The topological polar surface area (TPSA) is 71.1 Å². The maximum absolute atomic E-state index is 13.2. The van der Waals surface area contributed by atoms with Crippen LogP contribution < -0.4 is 10.6 Å². The van der Waals surface area contributed by atoms with Crippen LogP contribution in [0.5, 0.6) is 0 Å². The Balaban J connectivity index is 1.72. The number of amides is 2. The Morgan fingerprint density at radius 3 is 2.52 bits per heavy atom. The largest absolute Gasteiger partial charge is 0.418 e. The SMILES string of the molecule is O=C(NCc1cccnc1)C1(C(=O)Nc2ccc(Cl)cc2C(F)(F)F)CC1. The molecule has 9 heteroatoms. The van der Waals surface area contributed by atoms with E-state index in [1.165, 1.54) is 6.07 Å². The van der Waals surface area contributed by atoms with Crippen molar-refractivity contribution in [1.82, 2.24) is 10.3 Å². The van der Waals surface area contributed by atoms with E-state index in [4.69, 9.17) is 11.6 Å². The summed E-state index contributed by atoms with van der Waals surface area (Å²) >= 11 is 5.63. The third-order valence-corrected chi connectivity index (χ3v) is 4.57. The van der Waals surface area contributed by atoms with Crippen LogP contribution in [0.1, 0.15) is 24.0 Å². The van der Waals surface area contributed by atoms with Crippen LogP contribution in [-0.2, 0) is 22.3 Å². The average molecular weight is 398 g/mol. The van der Waals surface area contributed by atoms with Crippen molar-refractivity contribution in [3.8, 4) is 0 Å². The van der Waals surface area contributed by atoms with E-state index >= 15 is 0 Å². The molecule has 0 radical (unpaired) electrons. The normalized spacial score (nSPS) is 15.1. The number of nitrogens with one attached hydrogen (secondary N) is 2. The Morgan fingerprint density at radius 1 is 1.19 bits per heavy atom. The summed E-state index contributed by atoms with van der Waals surface area (Å²) in [5.74, 6) is -1.29. The number of anilines is 1. The average Bonchev–Trinajstić information content (AvgIpc) is 3.43. The van der Waals surface area contributed by atoms with Gasteiger partial charge in [-0.15, -0.1) is 0 Å². The highest BCUT2D eigenvalue weighted by atomic mass is 35.5. The first-order valence-corrected chi connectivity index (χ1v) is 8.45. The van der Waals surface area contributed by atoms with Gasteiger partial charge >= 0.3 is 6.18 Å². The number of alkyl halides is 3. The summed E-state index contributed by atoms with van der Waals surface area (Å²) in [6.45, 7) is 0.177. The lowest BCUT2D eigenvalue weighted by atomic mass is 10.0. The molecule has 27 heavy (non-hydrogen) atoms. The Kier molecular flexibility index (Phi) is 5.10. The van der Waals surface area contributed by atoms with Gasteiger partial charge in [-0.05, 0) is 42.7 Å². The van der Waals surface area contributed by atoms with Gasteiger partial charge in [0.25, 0.3) is 0 Å². The number of carbonyl (C=O) groups excluding carboxylic acids is 2. The first-order valence-electron chi connectivity index (χ1n) is 8.08. The number of pyridine rings is 1. The van der Waals surface area contributed by atoms with Crippen molar-refractivity contribution < 1.29 is 22.8 Å². The van der Waals surface area contributed by atoms with Gasteiger partial charge in [-0.25, -0.2) is 0 Å². The predicted molar refractivity (Wildman–Crippen MR) is 92.8 cm³/mol. The van der Waals surface area contributed by atoms with Crippen LogP contribution >= 0.6 is 11.6 Å². The minimum Gasteiger partial charge on any atom is -0.351 e. The van der Waals surface area contributed by atoms with Crippen molar-refractivity contribution in [2.75, 3.05) is 5.32 Å². The molecule has 1 saturated carbocycles. The van der Waals surface area contributed by atoms with E-state index in [9.17, 15) is 22.8 Å². The zero-order chi connectivity index (χ0) is 19.7. The molecule has 1 aromatic heterocycles. The second kappa shape index (κ2) is 7.19. The van der Waals surface area contributed by atoms with Crippen LogP contribution in [0.3, 0.4) is 0 Å². The highest BCUT2D eigenvalue weighted by Gasteiger charge is 2.56. The molecule has 0 atom stereocenters. The molecule has 142 valence electrons. The van der Waals surface area contributed by atoms with Crippen LogP contribution in [0.25, 0.3) is 0 Å². The van der Waals surface area contributed by atoms with Gasteiger partial charge < -0.3 is 10.6 Å². The number of carbonyl (C=O) groups is 2. The zero-order valence-electron chi connectivity index (χ0n) is 13.9. The standard InChI is InChI=1S/C18H15ClF3N3O2/c19-12-3-4-14(13(8-12)18(20,21)22)25-16(27)17(5-6-17)15(26)24-10-11-2-1-7-23-9-11/h1-4,7-9H,5-6,10H2,(H,24,26)(H,25,27). The Bertz CT molecular complexity index is 868. The molecule has 1 fully saturated rings. The quantitative estimate of drug-likeness (QED) is 0.754. The lowest BCUT2D eigenvalue weighted by Crippen LogP contribution is -2.40. The fourth-order valence-corrected chi connectivity index (χ4v) is 2.81. The van der Waals surface area contributed by atoms with Crippen molar-refractivity contribution in [3.05, 3.63) is 58.9 Å². The number of nitrogens with zero attached hydrogens (tertiary/aromatic N) is 1. The highest BCUT2D eigenvalue weighted by molar-refractivity contribution is 6.30. The number of hydrogen-bond acceptors (Lipinski definition) is 3. The van der Waals surface area contributed by atoms with E-state index in [1.54, 1.807) is 24.5 Å². The van der Waals surface area contributed by atoms with Gasteiger partial charge in [-0.3, -0.25) is 14.6 Å². The van der Waals surface area contributed by atoms with E-state index in [2.05, 4.69) is 15.6 Å². The summed E-state index contributed by atoms with van der Waals surface area (Å²) in [5.41, 5.74) is -2.10. The fourth-order valence-electron chi connectivity index (χ4n) is 2.64. The molecule has 3 rings (SSSR count). The van der Waals surface area contributed by atoms with Crippen LogP contribution in [0.15, 0.2) is 42.7 Å². The van der Waals surface area contributed by atoms with E-state index in [-0.39, 0.29) is 24.4 Å². The second-order valence-corrected chi connectivity index (χ2v) is 6.70. The van der Waals surface area contributed by atoms with E-state index in [0.29, 0.717) is 0 Å². The first-order chi connectivity index (χ1) is 12.7. The van der Waals surface area contributed by atoms with E-state index in [0.717, 1.165) is 17.7 Å². The van der Waals surface area contributed by atoms with Gasteiger partial charge in [0, 0.05) is 24.0 Å². The summed E-state index contributed by atoms with van der Waals surface area (Å²) in [7, 11) is 0. The molecule has 1 aliphatic carbocycles. The maximum atomic E-state index is 13.2. The van der Waals surface area contributed by atoms with Gasteiger partial charge in [-0.1, -0.05) is 17.7 Å². The fraction of sp³-hybridized carbons (Fsp3) is 0.278. The molecule has 0 spiro atoms. The number of hydrogen-bond donors (Lipinski definition) is 2. The molecule has 0 aliphatic heterocycles.